The number of rotatable bonds is 10. The summed E-state index contributed by atoms with van der Waals surface area (Å²) in [6.45, 7) is 8.52. The third kappa shape index (κ3) is 5.28. The molecule has 2 N–H and O–H groups in total. The van der Waals surface area contributed by atoms with Gasteiger partial charge in [0.15, 0.2) is 0 Å². The van der Waals surface area contributed by atoms with Gasteiger partial charge in [0.1, 0.15) is 4.90 Å². The quantitative estimate of drug-likeness (QED) is 0.628. The van der Waals surface area contributed by atoms with Crippen LogP contribution in [0.25, 0.3) is 0 Å². The molecule has 1 rings (SSSR count). The van der Waals surface area contributed by atoms with Crippen LogP contribution >= 0.6 is 11.8 Å². The molecule has 0 spiro atoms. The van der Waals surface area contributed by atoms with Crippen LogP contribution in [0.5, 0.6) is 0 Å². The molecule has 0 amide bonds. The molecule has 1 aromatic rings. The van der Waals surface area contributed by atoms with E-state index in [4.69, 9.17) is 0 Å². The molecule has 21 heavy (non-hydrogen) atoms. The van der Waals surface area contributed by atoms with E-state index in [0.717, 1.165) is 25.3 Å². The first kappa shape index (κ1) is 18.5. The fourth-order valence-electron chi connectivity index (χ4n) is 2.12. The lowest BCUT2D eigenvalue weighted by molar-refractivity contribution is 0.539. The van der Waals surface area contributed by atoms with Crippen LogP contribution in [0.2, 0.25) is 0 Å². The molecule has 0 saturated heterocycles. The number of sulfonamides is 1. The molecule has 0 saturated carbocycles. The van der Waals surface area contributed by atoms with E-state index < -0.39 is 10.0 Å². The SMILES string of the molecule is CCCNCCn1nc(C)c(S(=O)(=O)NCCSC)c1C. The number of hydrogen-bond donors (Lipinski definition) is 2. The summed E-state index contributed by atoms with van der Waals surface area (Å²) in [6, 6.07) is 0. The summed E-state index contributed by atoms with van der Waals surface area (Å²) in [4.78, 5) is 0.319. The van der Waals surface area contributed by atoms with Gasteiger partial charge >= 0.3 is 0 Å². The van der Waals surface area contributed by atoms with E-state index >= 15 is 0 Å². The second kappa shape index (κ2) is 8.77. The minimum atomic E-state index is -3.48. The maximum absolute atomic E-state index is 12.3. The van der Waals surface area contributed by atoms with Gasteiger partial charge in [-0.25, -0.2) is 13.1 Å². The van der Waals surface area contributed by atoms with Gasteiger partial charge in [0.05, 0.1) is 17.9 Å². The van der Waals surface area contributed by atoms with Gasteiger partial charge in [-0.2, -0.15) is 16.9 Å². The van der Waals surface area contributed by atoms with E-state index in [1.165, 1.54) is 0 Å². The summed E-state index contributed by atoms with van der Waals surface area (Å²) in [7, 11) is -3.48. The first-order valence-corrected chi connectivity index (χ1v) is 10.0. The zero-order valence-electron chi connectivity index (χ0n) is 13.3. The van der Waals surface area contributed by atoms with Crippen molar-refractivity contribution in [1.29, 1.82) is 0 Å². The monoisotopic (exact) mass is 334 g/mol. The van der Waals surface area contributed by atoms with Crippen LogP contribution in [-0.2, 0) is 16.6 Å². The summed E-state index contributed by atoms with van der Waals surface area (Å²) in [5, 5.41) is 7.65. The molecule has 1 aromatic heterocycles. The van der Waals surface area contributed by atoms with Gasteiger partial charge in [-0.05, 0) is 33.1 Å². The third-order valence-electron chi connectivity index (χ3n) is 3.11. The summed E-state index contributed by atoms with van der Waals surface area (Å²) in [5.41, 5.74) is 1.25. The Morgan fingerprint density at radius 2 is 1.95 bits per heavy atom. The molecule has 0 radical (unpaired) electrons. The molecule has 0 aliphatic carbocycles. The maximum atomic E-state index is 12.3. The van der Waals surface area contributed by atoms with Crippen molar-refractivity contribution in [2.45, 2.75) is 38.6 Å². The minimum Gasteiger partial charge on any atom is -0.315 e. The highest BCUT2D eigenvalue weighted by molar-refractivity contribution is 7.98. The Morgan fingerprint density at radius 1 is 1.24 bits per heavy atom. The standard InChI is InChI=1S/C13H26N4O2S2/c1-5-6-14-7-9-17-12(3)13(11(2)16-17)21(18,19)15-8-10-20-4/h14-15H,5-10H2,1-4H3. The molecule has 122 valence electrons. The van der Waals surface area contributed by atoms with Crippen molar-refractivity contribution in [1.82, 2.24) is 19.8 Å². The lowest BCUT2D eigenvalue weighted by Crippen LogP contribution is -2.27. The van der Waals surface area contributed by atoms with E-state index in [1.807, 2.05) is 13.2 Å². The van der Waals surface area contributed by atoms with E-state index in [0.29, 0.717) is 29.4 Å². The van der Waals surface area contributed by atoms with Gasteiger partial charge in [-0.15, -0.1) is 0 Å². The van der Waals surface area contributed by atoms with Crippen molar-refractivity contribution in [3.8, 4) is 0 Å². The van der Waals surface area contributed by atoms with Crippen LogP contribution in [0.15, 0.2) is 4.90 Å². The van der Waals surface area contributed by atoms with Crippen LogP contribution in [0, 0.1) is 13.8 Å². The van der Waals surface area contributed by atoms with Crippen molar-refractivity contribution in [2.24, 2.45) is 0 Å². The van der Waals surface area contributed by atoms with Gasteiger partial charge in [-0.3, -0.25) is 4.68 Å². The summed E-state index contributed by atoms with van der Waals surface area (Å²) >= 11 is 1.61. The average Bonchev–Trinajstić information content (AvgIpc) is 2.70. The number of nitrogens with zero attached hydrogens (tertiary/aromatic N) is 2. The number of thioether (sulfide) groups is 1. The Kier molecular flexibility index (Phi) is 7.72. The molecule has 0 aliphatic heterocycles. The highest BCUT2D eigenvalue weighted by atomic mass is 32.2. The van der Waals surface area contributed by atoms with Crippen molar-refractivity contribution in [3.63, 3.8) is 0 Å². The molecule has 0 aromatic carbocycles. The molecule has 0 aliphatic rings. The predicted molar refractivity (Wildman–Crippen MR) is 88.4 cm³/mol. The zero-order chi connectivity index (χ0) is 15.9. The Hall–Kier alpha value is -0.570. The number of aromatic nitrogens is 2. The third-order valence-corrected chi connectivity index (χ3v) is 5.43. The van der Waals surface area contributed by atoms with Crippen LogP contribution in [0.4, 0.5) is 0 Å². The summed E-state index contributed by atoms with van der Waals surface area (Å²) < 4.78 is 29.1. The van der Waals surface area contributed by atoms with E-state index in [2.05, 4.69) is 22.1 Å². The highest BCUT2D eigenvalue weighted by Gasteiger charge is 2.23. The van der Waals surface area contributed by atoms with Gasteiger partial charge < -0.3 is 5.32 Å². The van der Waals surface area contributed by atoms with Gasteiger partial charge in [-0.1, -0.05) is 6.92 Å². The van der Waals surface area contributed by atoms with E-state index in [1.54, 1.807) is 23.4 Å². The molecule has 8 heteroatoms. The molecule has 6 nitrogen and oxygen atoms in total. The number of hydrogen-bond acceptors (Lipinski definition) is 5. The Labute approximate surface area is 132 Å². The minimum absolute atomic E-state index is 0.319. The van der Waals surface area contributed by atoms with Crippen molar-refractivity contribution in [2.75, 3.05) is 31.6 Å². The van der Waals surface area contributed by atoms with Crippen molar-refractivity contribution >= 4 is 21.8 Å². The molecular weight excluding hydrogens is 308 g/mol. The van der Waals surface area contributed by atoms with Crippen LogP contribution in [0.3, 0.4) is 0 Å². The Bertz CT molecular complexity index is 541. The molecule has 0 bridgehead atoms. The fraction of sp³-hybridized carbons (Fsp3) is 0.769. The lowest BCUT2D eigenvalue weighted by atomic mass is 10.4. The molecule has 0 atom stereocenters. The average molecular weight is 335 g/mol. The molecule has 0 fully saturated rings. The van der Waals surface area contributed by atoms with Crippen molar-refractivity contribution < 1.29 is 8.42 Å². The maximum Gasteiger partial charge on any atom is 0.244 e. The largest absolute Gasteiger partial charge is 0.315 e. The zero-order valence-corrected chi connectivity index (χ0v) is 14.9. The van der Waals surface area contributed by atoms with E-state index in [-0.39, 0.29) is 0 Å². The topological polar surface area (TPSA) is 76.0 Å². The highest BCUT2D eigenvalue weighted by Crippen LogP contribution is 2.19. The second-order valence-corrected chi connectivity index (χ2v) is 7.55. The van der Waals surface area contributed by atoms with Crippen molar-refractivity contribution in [3.05, 3.63) is 11.4 Å². The smallest absolute Gasteiger partial charge is 0.244 e. The second-order valence-electron chi connectivity index (χ2n) is 4.86. The first-order chi connectivity index (χ1) is 9.94. The number of aryl methyl sites for hydroxylation is 1. The Morgan fingerprint density at radius 3 is 2.57 bits per heavy atom. The molecule has 0 unspecified atom stereocenters. The fourth-order valence-corrected chi connectivity index (χ4v) is 4.00. The van der Waals surface area contributed by atoms with Crippen LogP contribution < -0.4 is 10.0 Å². The normalized spacial score (nSPS) is 12.0. The molecule has 1 heterocycles. The van der Waals surface area contributed by atoms with Gasteiger partial charge in [0.2, 0.25) is 10.0 Å². The van der Waals surface area contributed by atoms with Crippen LogP contribution in [-0.4, -0.2) is 49.8 Å². The Balaban J connectivity index is 2.81. The number of nitrogens with one attached hydrogen (secondary N) is 2. The van der Waals surface area contributed by atoms with Gasteiger partial charge in [0.25, 0.3) is 0 Å². The van der Waals surface area contributed by atoms with Gasteiger partial charge in [0, 0.05) is 18.8 Å². The summed E-state index contributed by atoms with van der Waals surface area (Å²) in [6.07, 6.45) is 3.03. The molecular formula is C13H26N4O2S2. The van der Waals surface area contributed by atoms with Crippen LogP contribution in [0.1, 0.15) is 24.7 Å². The summed E-state index contributed by atoms with van der Waals surface area (Å²) in [5.74, 6) is 0.756. The van der Waals surface area contributed by atoms with E-state index in [9.17, 15) is 8.42 Å². The first-order valence-electron chi connectivity index (χ1n) is 7.17. The lowest BCUT2D eigenvalue weighted by Gasteiger charge is -2.08. The predicted octanol–water partition coefficient (Wildman–Crippen LogP) is 1.14.